The Labute approximate surface area is 107 Å². The molecule has 0 fully saturated rings. The first kappa shape index (κ1) is 14.3. The molecule has 0 aliphatic heterocycles. The van der Waals surface area contributed by atoms with Crippen molar-refractivity contribution in [3.05, 3.63) is 23.2 Å². The van der Waals surface area contributed by atoms with E-state index in [1.54, 1.807) is 0 Å². The van der Waals surface area contributed by atoms with Gasteiger partial charge in [0.15, 0.2) is 0 Å². The number of hydrogen-bond donors (Lipinski definition) is 2. The summed E-state index contributed by atoms with van der Waals surface area (Å²) in [5.74, 6) is 5.61. The van der Waals surface area contributed by atoms with Crippen LogP contribution in [0.15, 0.2) is 12.7 Å². The number of hydrogen-bond acceptors (Lipinski definition) is 5. The fourth-order valence-electron chi connectivity index (χ4n) is 1.83. The summed E-state index contributed by atoms with van der Waals surface area (Å²) in [5.41, 5.74) is 3.95. The van der Waals surface area contributed by atoms with E-state index < -0.39 is 0 Å². The van der Waals surface area contributed by atoms with E-state index in [1.807, 2.05) is 6.08 Å². The molecule has 1 unspecified atom stereocenters. The third-order valence-corrected chi connectivity index (χ3v) is 3.72. The van der Waals surface area contributed by atoms with E-state index >= 15 is 0 Å². The van der Waals surface area contributed by atoms with Crippen LogP contribution in [0.2, 0.25) is 0 Å². The van der Waals surface area contributed by atoms with Crippen LogP contribution in [0.1, 0.15) is 55.6 Å². The molecule has 0 spiro atoms. The van der Waals surface area contributed by atoms with Gasteiger partial charge in [-0.3, -0.25) is 11.3 Å². The van der Waals surface area contributed by atoms with Crippen LogP contribution in [0.3, 0.4) is 0 Å². The molecule has 0 amide bonds. The third kappa shape index (κ3) is 4.53. The lowest BCUT2D eigenvalue weighted by Gasteiger charge is -2.14. The van der Waals surface area contributed by atoms with Crippen LogP contribution in [0.25, 0.3) is 0 Å². The molecule has 1 heterocycles. The molecule has 0 bridgehead atoms. The Balaban J connectivity index is 2.40. The van der Waals surface area contributed by atoms with E-state index in [1.165, 1.54) is 35.7 Å². The van der Waals surface area contributed by atoms with Gasteiger partial charge in [-0.05, 0) is 37.2 Å². The molecule has 0 aliphatic rings. The van der Waals surface area contributed by atoms with Crippen molar-refractivity contribution in [3.8, 4) is 0 Å². The first-order valence-corrected chi connectivity index (χ1v) is 6.99. The highest BCUT2D eigenvalue weighted by atomic mass is 32.1. The second kappa shape index (κ2) is 8.33. The topological polar surface area (TPSA) is 63.8 Å². The summed E-state index contributed by atoms with van der Waals surface area (Å²) >= 11 is 1.46. The van der Waals surface area contributed by atoms with Crippen molar-refractivity contribution >= 4 is 11.5 Å². The molecule has 4 nitrogen and oxygen atoms in total. The Morgan fingerprint density at radius 2 is 2.29 bits per heavy atom. The Hall–Kier alpha value is -0.780. The highest BCUT2D eigenvalue weighted by molar-refractivity contribution is 7.05. The molecule has 0 saturated heterocycles. The summed E-state index contributed by atoms with van der Waals surface area (Å²) in [6.45, 7) is 5.82. The quantitative estimate of drug-likeness (QED) is 0.308. The van der Waals surface area contributed by atoms with Crippen LogP contribution >= 0.6 is 11.5 Å². The zero-order valence-corrected chi connectivity index (χ0v) is 11.3. The zero-order chi connectivity index (χ0) is 12.5. The number of nitrogens with one attached hydrogen (secondary N) is 1. The van der Waals surface area contributed by atoms with E-state index in [0.29, 0.717) is 0 Å². The standard InChI is InChI=1S/C12H22N4S/c1-3-5-6-7-8-9-11(14-13)12-10(4-2)15-16-17-12/h3,11,14H,1,4-9,13H2,2H3. The second-order valence-corrected chi connectivity index (χ2v) is 4.87. The number of nitrogens with two attached hydrogens (primary N) is 1. The molecule has 1 atom stereocenters. The number of hydrazine groups is 1. The monoisotopic (exact) mass is 254 g/mol. The Bertz CT molecular complexity index is 324. The van der Waals surface area contributed by atoms with E-state index in [4.69, 9.17) is 5.84 Å². The first-order valence-electron chi connectivity index (χ1n) is 6.21. The first-order chi connectivity index (χ1) is 8.33. The van der Waals surface area contributed by atoms with Gasteiger partial charge in [-0.25, -0.2) is 0 Å². The number of aryl methyl sites for hydroxylation is 1. The number of nitrogens with zero attached hydrogens (tertiary/aromatic N) is 2. The van der Waals surface area contributed by atoms with Gasteiger partial charge in [-0.2, -0.15) is 0 Å². The molecule has 0 radical (unpaired) electrons. The van der Waals surface area contributed by atoms with Crippen molar-refractivity contribution in [2.24, 2.45) is 5.84 Å². The number of aromatic nitrogens is 2. The summed E-state index contributed by atoms with van der Waals surface area (Å²) in [6, 6.07) is 0.202. The van der Waals surface area contributed by atoms with Gasteiger partial charge in [0.25, 0.3) is 0 Å². The summed E-state index contributed by atoms with van der Waals surface area (Å²) in [5, 5.41) is 4.12. The molecule has 96 valence electrons. The van der Waals surface area contributed by atoms with Crippen LogP contribution in [-0.4, -0.2) is 9.59 Å². The second-order valence-electron chi connectivity index (χ2n) is 4.08. The summed E-state index contributed by atoms with van der Waals surface area (Å²) in [7, 11) is 0. The van der Waals surface area contributed by atoms with Gasteiger partial charge in [-0.15, -0.1) is 11.7 Å². The van der Waals surface area contributed by atoms with E-state index in [9.17, 15) is 0 Å². The highest BCUT2D eigenvalue weighted by Gasteiger charge is 2.16. The number of unbranched alkanes of at least 4 members (excludes halogenated alkanes) is 3. The summed E-state index contributed by atoms with van der Waals surface area (Å²) in [6.07, 6.45) is 8.64. The minimum atomic E-state index is 0.202. The Morgan fingerprint density at radius 3 is 2.94 bits per heavy atom. The van der Waals surface area contributed by atoms with Gasteiger partial charge < -0.3 is 0 Å². The minimum Gasteiger partial charge on any atom is -0.271 e. The van der Waals surface area contributed by atoms with E-state index in [-0.39, 0.29) is 6.04 Å². The van der Waals surface area contributed by atoms with Gasteiger partial charge in [0, 0.05) is 0 Å². The van der Waals surface area contributed by atoms with Crippen molar-refractivity contribution in [3.63, 3.8) is 0 Å². The van der Waals surface area contributed by atoms with Gasteiger partial charge in [0.2, 0.25) is 0 Å². The Morgan fingerprint density at radius 1 is 1.47 bits per heavy atom. The highest BCUT2D eigenvalue weighted by Crippen LogP contribution is 2.25. The normalized spacial score (nSPS) is 12.6. The molecule has 3 N–H and O–H groups in total. The SMILES string of the molecule is C=CCCCCCC(NN)c1snnc1CC. The zero-order valence-electron chi connectivity index (χ0n) is 10.5. The van der Waals surface area contributed by atoms with Crippen LogP contribution < -0.4 is 11.3 Å². The summed E-state index contributed by atoms with van der Waals surface area (Å²) in [4.78, 5) is 1.19. The van der Waals surface area contributed by atoms with E-state index in [2.05, 4.69) is 28.5 Å². The fraction of sp³-hybridized carbons (Fsp3) is 0.667. The maximum Gasteiger partial charge on any atom is 0.0801 e. The molecule has 17 heavy (non-hydrogen) atoms. The molecule has 0 aromatic carbocycles. The molecular weight excluding hydrogens is 232 g/mol. The summed E-state index contributed by atoms with van der Waals surface area (Å²) < 4.78 is 4.00. The van der Waals surface area contributed by atoms with Crippen LogP contribution in [-0.2, 0) is 6.42 Å². The molecule has 0 aliphatic carbocycles. The molecule has 0 saturated carbocycles. The number of rotatable bonds is 9. The van der Waals surface area contributed by atoms with Crippen LogP contribution in [0.5, 0.6) is 0 Å². The average Bonchev–Trinajstić information content (AvgIpc) is 2.82. The lowest BCUT2D eigenvalue weighted by molar-refractivity contribution is 0.487. The molecule has 5 heteroatoms. The van der Waals surface area contributed by atoms with Crippen molar-refractivity contribution in [1.29, 1.82) is 0 Å². The van der Waals surface area contributed by atoms with Gasteiger partial charge in [-0.1, -0.05) is 30.3 Å². The smallest absolute Gasteiger partial charge is 0.0801 e. The molecular formula is C12H22N4S. The average molecular weight is 254 g/mol. The lowest BCUT2D eigenvalue weighted by Crippen LogP contribution is -2.28. The van der Waals surface area contributed by atoms with Crippen molar-refractivity contribution in [1.82, 2.24) is 15.0 Å². The van der Waals surface area contributed by atoms with Crippen LogP contribution in [0, 0.1) is 0 Å². The van der Waals surface area contributed by atoms with Gasteiger partial charge >= 0.3 is 0 Å². The van der Waals surface area contributed by atoms with Crippen molar-refractivity contribution in [2.45, 2.75) is 51.5 Å². The molecule has 1 aromatic rings. The van der Waals surface area contributed by atoms with Gasteiger partial charge in [0.1, 0.15) is 0 Å². The van der Waals surface area contributed by atoms with Crippen molar-refractivity contribution in [2.75, 3.05) is 0 Å². The van der Waals surface area contributed by atoms with Crippen LogP contribution in [0.4, 0.5) is 0 Å². The maximum atomic E-state index is 5.61. The predicted octanol–water partition coefficient (Wildman–Crippen LogP) is 2.74. The predicted molar refractivity (Wildman–Crippen MR) is 72.6 cm³/mol. The minimum absolute atomic E-state index is 0.202. The molecule has 1 aromatic heterocycles. The largest absolute Gasteiger partial charge is 0.271 e. The molecule has 1 rings (SSSR count). The Kier molecular flexibility index (Phi) is 7.00. The third-order valence-electron chi connectivity index (χ3n) is 2.84. The lowest BCUT2D eigenvalue weighted by atomic mass is 10.0. The van der Waals surface area contributed by atoms with Crippen molar-refractivity contribution < 1.29 is 0 Å². The van der Waals surface area contributed by atoms with Gasteiger partial charge in [0.05, 0.1) is 16.6 Å². The maximum absolute atomic E-state index is 5.61. The van der Waals surface area contributed by atoms with E-state index in [0.717, 1.165) is 25.0 Å². The number of allylic oxidation sites excluding steroid dienone is 1. The fourth-order valence-corrected chi connectivity index (χ4v) is 2.66.